The highest BCUT2D eigenvalue weighted by atomic mass is 16.5. The number of nitrogens with one attached hydrogen (secondary N) is 3. The van der Waals surface area contributed by atoms with Crippen molar-refractivity contribution >= 4 is 28.7 Å². The molecule has 2 aromatic carbocycles. The van der Waals surface area contributed by atoms with Gasteiger partial charge in [0.2, 0.25) is 5.91 Å². The Hall–Kier alpha value is -3.81. The standard InChI is InChI=1S/C28H32N4O4/c1-36-20-12-10-19(11-13-20)22(23-17-29-24-9-5-4-8-21(23)24)16-30-25(33)18-32-26(34)28(31-27(32)35)14-6-2-3-7-15-28/h4-5,8-13,17,22,29H,2-3,6-7,14-16,18H2,1H3,(H,30,33)(H,31,35)/t22-/m1/s1. The number of carbonyl (C=O) groups excluding carboxylic acids is 3. The van der Waals surface area contributed by atoms with Gasteiger partial charge in [0, 0.05) is 29.6 Å². The van der Waals surface area contributed by atoms with Crippen LogP contribution in [0.15, 0.2) is 54.7 Å². The monoisotopic (exact) mass is 488 g/mol. The van der Waals surface area contributed by atoms with Crippen molar-refractivity contribution in [2.45, 2.75) is 50.0 Å². The Balaban J connectivity index is 1.32. The third-order valence-corrected chi connectivity index (χ3v) is 7.52. The first-order valence-electron chi connectivity index (χ1n) is 12.6. The Morgan fingerprint density at radius 3 is 2.50 bits per heavy atom. The first-order chi connectivity index (χ1) is 17.5. The Labute approximate surface area is 210 Å². The zero-order chi connectivity index (χ0) is 25.1. The summed E-state index contributed by atoms with van der Waals surface area (Å²) in [6.07, 6.45) is 7.17. The van der Waals surface area contributed by atoms with Gasteiger partial charge in [-0.25, -0.2) is 4.79 Å². The number of urea groups is 1. The van der Waals surface area contributed by atoms with Crippen molar-refractivity contribution in [3.05, 3.63) is 65.9 Å². The van der Waals surface area contributed by atoms with Gasteiger partial charge in [0.05, 0.1) is 7.11 Å². The third kappa shape index (κ3) is 4.55. The van der Waals surface area contributed by atoms with E-state index in [0.717, 1.165) is 58.4 Å². The Morgan fingerprint density at radius 2 is 1.78 bits per heavy atom. The van der Waals surface area contributed by atoms with Crippen LogP contribution in [0.1, 0.15) is 55.6 Å². The molecule has 3 N–H and O–H groups in total. The zero-order valence-electron chi connectivity index (χ0n) is 20.5. The highest BCUT2D eigenvalue weighted by Gasteiger charge is 2.51. The molecule has 2 aliphatic rings. The summed E-state index contributed by atoms with van der Waals surface area (Å²) in [4.78, 5) is 43.2. The fourth-order valence-corrected chi connectivity index (χ4v) is 5.53. The second-order valence-corrected chi connectivity index (χ2v) is 9.74. The first-order valence-corrected chi connectivity index (χ1v) is 12.6. The summed E-state index contributed by atoms with van der Waals surface area (Å²) in [5, 5.41) is 6.96. The van der Waals surface area contributed by atoms with Crippen LogP contribution in [0, 0.1) is 0 Å². The van der Waals surface area contributed by atoms with Crippen molar-refractivity contribution in [2.24, 2.45) is 0 Å². The number of para-hydroxylation sites is 1. The minimum Gasteiger partial charge on any atom is -0.497 e. The van der Waals surface area contributed by atoms with Gasteiger partial charge in [-0.1, -0.05) is 56.0 Å². The smallest absolute Gasteiger partial charge is 0.325 e. The van der Waals surface area contributed by atoms with E-state index in [1.165, 1.54) is 0 Å². The molecule has 0 radical (unpaired) electrons. The largest absolute Gasteiger partial charge is 0.497 e. The normalized spacial score (nSPS) is 18.2. The van der Waals surface area contributed by atoms with Gasteiger partial charge in [-0.3, -0.25) is 14.5 Å². The van der Waals surface area contributed by atoms with E-state index in [0.29, 0.717) is 19.4 Å². The summed E-state index contributed by atoms with van der Waals surface area (Å²) in [5.74, 6) is -0.00539. The SMILES string of the molecule is COc1ccc([C@@H](CNC(=O)CN2C(=O)NC3(CCCCCC3)C2=O)c2c[nH]c3ccccc23)cc1. The van der Waals surface area contributed by atoms with Crippen LogP contribution in [-0.4, -0.2) is 53.5 Å². The molecule has 2 fully saturated rings. The molecule has 1 aliphatic carbocycles. The maximum Gasteiger partial charge on any atom is 0.325 e. The number of imide groups is 1. The maximum absolute atomic E-state index is 13.2. The van der Waals surface area contributed by atoms with Gasteiger partial charge in [0.1, 0.15) is 17.8 Å². The first kappa shape index (κ1) is 23.9. The quantitative estimate of drug-likeness (QED) is 0.436. The molecule has 0 unspecified atom stereocenters. The minimum atomic E-state index is -0.844. The van der Waals surface area contributed by atoms with Crippen LogP contribution in [0.3, 0.4) is 0 Å². The number of rotatable bonds is 7. The number of hydrogen-bond donors (Lipinski definition) is 3. The molecule has 188 valence electrons. The predicted molar refractivity (Wildman–Crippen MR) is 137 cm³/mol. The molecular weight excluding hydrogens is 456 g/mol. The summed E-state index contributed by atoms with van der Waals surface area (Å²) >= 11 is 0. The van der Waals surface area contributed by atoms with E-state index >= 15 is 0 Å². The van der Waals surface area contributed by atoms with Crippen LogP contribution in [0.25, 0.3) is 10.9 Å². The van der Waals surface area contributed by atoms with Gasteiger partial charge in [0.15, 0.2) is 0 Å². The molecule has 1 saturated carbocycles. The molecule has 8 heteroatoms. The van der Waals surface area contributed by atoms with E-state index in [1.54, 1.807) is 7.11 Å². The molecule has 1 aromatic heterocycles. The molecule has 5 rings (SSSR count). The molecule has 1 saturated heterocycles. The van der Waals surface area contributed by atoms with Gasteiger partial charge in [-0.2, -0.15) is 0 Å². The highest BCUT2D eigenvalue weighted by Crippen LogP contribution is 2.33. The Morgan fingerprint density at radius 1 is 1.06 bits per heavy atom. The van der Waals surface area contributed by atoms with Crippen LogP contribution in [0.5, 0.6) is 5.75 Å². The van der Waals surface area contributed by atoms with Gasteiger partial charge < -0.3 is 20.4 Å². The van der Waals surface area contributed by atoms with E-state index in [1.807, 2.05) is 48.7 Å². The van der Waals surface area contributed by atoms with Crippen molar-refractivity contribution in [3.63, 3.8) is 0 Å². The molecule has 1 spiro atoms. The molecule has 0 bridgehead atoms. The number of amides is 4. The number of hydrogen-bond acceptors (Lipinski definition) is 4. The van der Waals surface area contributed by atoms with Crippen LogP contribution in [0.2, 0.25) is 0 Å². The van der Waals surface area contributed by atoms with Crippen LogP contribution < -0.4 is 15.4 Å². The second kappa shape index (κ2) is 10.0. The number of H-pyrrole nitrogens is 1. The van der Waals surface area contributed by atoms with Crippen LogP contribution in [0.4, 0.5) is 4.79 Å². The predicted octanol–water partition coefficient (Wildman–Crippen LogP) is 4.07. The molecule has 36 heavy (non-hydrogen) atoms. The molecule has 1 atom stereocenters. The summed E-state index contributed by atoms with van der Waals surface area (Å²) in [7, 11) is 1.63. The van der Waals surface area contributed by atoms with Crippen molar-refractivity contribution in [1.29, 1.82) is 0 Å². The molecule has 8 nitrogen and oxygen atoms in total. The lowest BCUT2D eigenvalue weighted by Crippen LogP contribution is -2.47. The molecule has 2 heterocycles. The average Bonchev–Trinajstić information content (AvgIpc) is 3.30. The number of benzene rings is 2. The van der Waals surface area contributed by atoms with Gasteiger partial charge >= 0.3 is 6.03 Å². The number of nitrogens with zero attached hydrogens (tertiary/aromatic N) is 1. The summed E-state index contributed by atoms with van der Waals surface area (Å²) in [6.45, 7) is 0.0391. The fourth-order valence-electron chi connectivity index (χ4n) is 5.53. The number of ether oxygens (including phenoxy) is 1. The van der Waals surface area contributed by atoms with Gasteiger partial charge in [-0.15, -0.1) is 0 Å². The van der Waals surface area contributed by atoms with Gasteiger partial charge in [-0.05, 0) is 42.2 Å². The number of aromatic amines is 1. The van der Waals surface area contributed by atoms with Crippen LogP contribution >= 0.6 is 0 Å². The van der Waals surface area contributed by atoms with E-state index in [-0.39, 0.29) is 24.3 Å². The lowest BCUT2D eigenvalue weighted by Gasteiger charge is -2.24. The molecule has 1 aliphatic heterocycles. The zero-order valence-corrected chi connectivity index (χ0v) is 20.5. The molecule has 4 amide bonds. The van der Waals surface area contributed by atoms with Gasteiger partial charge in [0.25, 0.3) is 5.91 Å². The Kier molecular flexibility index (Phi) is 6.67. The van der Waals surface area contributed by atoms with Crippen molar-refractivity contribution in [1.82, 2.24) is 20.5 Å². The van der Waals surface area contributed by atoms with Crippen molar-refractivity contribution in [3.8, 4) is 5.75 Å². The van der Waals surface area contributed by atoms with Crippen molar-refractivity contribution < 1.29 is 19.1 Å². The molecular formula is C28H32N4O4. The summed E-state index contributed by atoms with van der Waals surface area (Å²) in [6, 6.07) is 15.4. The van der Waals surface area contributed by atoms with Crippen molar-refractivity contribution in [2.75, 3.05) is 20.2 Å². The number of aromatic nitrogens is 1. The van der Waals surface area contributed by atoms with Crippen LogP contribution in [-0.2, 0) is 9.59 Å². The Bertz CT molecular complexity index is 1260. The van der Waals surface area contributed by atoms with E-state index in [4.69, 9.17) is 4.74 Å². The lowest BCUT2D eigenvalue weighted by molar-refractivity contribution is -0.135. The lowest BCUT2D eigenvalue weighted by atomic mass is 9.90. The maximum atomic E-state index is 13.2. The topological polar surface area (TPSA) is 104 Å². The average molecular weight is 489 g/mol. The third-order valence-electron chi connectivity index (χ3n) is 7.52. The number of carbonyl (C=O) groups is 3. The highest BCUT2D eigenvalue weighted by molar-refractivity contribution is 6.09. The molecule has 3 aromatic rings. The van der Waals surface area contributed by atoms with E-state index in [9.17, 15) is 14.4 Å². The second-order valence-electron chi connectivity index (χ2n) is 9.74. The number of fused-ring (bicyclic) bond motifs is 1. The minimum absolute atomic E-state index is 0.132. The summed E-state index contributed by atoms with van der Waals surface area (Å²) < 4.78 is 5.31. The van der Waals surface area contributed by atoms with E-state index in [2.05, 4.69) is 21.7 Å². The number of methoxy groups -OCH3 is 1. The summed E-state index contributed by atoms with van der Waals surface area (Å²) in [5.41, 5.74) is 2.26. The fraction of sp³-hybridized carbons (Fsp3) is 0.393. The van der Waals surface area contributed by atoms with E-state index < -0.39 is 11.6 Å².